The second kappa shape index (κ2) is 4.33. The Balaban J connectivity index is 1.93. The number of hydrogen-bond acceptors (Lipinski definition) is 2. The van der Waals surface area contributed by atoms with E-state index in [0.717, 1.165) is 37.1 Å². The molecule has 17 heavy (non-hydrogen) atoms. The van der Waals surface area contributed by atoms with Gasteiger partial charge >= 0.3 is 0 Å². The zero-order valence-electron chi connectivity index (χ0n) is 10.5. The lowest BCUT2D eigenvalue weighted by Gasteiger charge is -2.22. The molecule has 1 aromatic rings. The van der Waals surface area contributed by atoms with Crippen LogP contribution in [0.2, 0.25) is 0 Å². The highest BCUT2D eigenvalue weighted by Crippen LogP contribution is 2.27. The molecule has 3 rings (SSSR count). The second-order valence-electron chi connectivity index (χ2n) is 5.52. The highest BCUT2D eigenvalue weighted by Gasteiger charge is 2.25. The average Bonchev–Trinajstić information content (AvgIpc) is 2.68. The molecule has 0 aromatic carbocycles. The molecule has 94 valence electrons. The van der Waals surface area contributed by atoms with E-state index >= 15 is 0 Å². The smallest absolute Gasteiger partial charge is 0.270 e. The molecule has 2 heterocycles. The zero-order valence-corrected chi connectivity index (χ0v) is 10.5. The number of H-pyrrole nitrogens is 1. The third-order valence-corrected chi connectivity index (χ3v) is 4.17. The van der Waals surface area contributed by atoms with Crippen molar-refractivity contribution in [2.75, 3.05) is 0 Å². The quantitative estimate of drug-likeness (QED) is 0.778. The molecule has 1 unspecified atom stereocenters. The Morgan fingerprint density at radius 2 is 2.00 bits per heavy atom. The van der Waals surface area contributed by atoms with E-state index in [1.54, 1.807) is 0 Å². The molecule has 1 atom stereocenters. The number of fused-ring (bicyclic) bond motifs is 1. The summed E-state index contributed by atoms with van der Waals surface area (Å²) >= 11 is 0. The SMILES string of the molecule is CC1Cc2c([nH]n(C3CCCCC3)c2=O)CN1. The topological polar surface area (TPSA) is 49.8 Å². The molecule has 1 saturated carbocycles. The van der Waals surface area contributed by atoms with Crippen molar-refractivity contribution in [1.29, 1.82) is 0 Å². The van der Waals surface area contributed by atoms with Crippen molar-refractivity contribution >= 4 is 0 Å². The number of nitrogens with one attached hydrogen (secondary N) is 2. The number of aromatic amines is 1. The summed E-state index contributed by atoms with van der Waals surface area (Å²) < 4.78 is 1.91. The lowest BCUT2D eigenvalue weighted by molar-refractivity contribution is 0.321. The van der Waals surface area contributed by atoms with E-state index in [1.807, 2.05) is 4.68 Å². The average molecular weight is 235 g/mol. The molecule has 0 spiro atoms. The molecule has 1 aliphatic heterocycles. The molecule has 2 aliphatic rings. The normalized spacial score (nSPS) is 25.8. The Bertz CT molecular complexity index is 454. The Hall–Kier alpha value is -1.03. The van der Waals surface area contributed by atoms with Crippen LogP contribution in [0, 0.1) is 0 Å². The van der Waals surface area contributed by atoms with Crippen LogP contribution >= 0.6 is 0 Å². The van der Waals surface area contributed by atoms with Crippen LogP contribution in [0.1, 0.15) is 56.3 Å². The van der Waals surface area contributed by atoms with E-state index in [1.165, 1.54) is 19.3 Å². The maximum atomic E-state index is 12.4. The van der Waals surface area contributed by atoms with E-state index in [0.29, 0.717) is 12.1 Å². The van der Waals surface area contributed by atoms with E-state index < -0.39 is 0 Å². The van der Waals surface area contributed by atoms with E-state index in [4.69, 9.17) is 0 Å². The highest BCUT2D eigenvalue weighted by molar-refractivity contribution is 5.21. The first-order chi connectivity index (χ1) is 8.25. The molecule has 1 aliphatic carbocycles. The number of nitrogens with zero attached hydrogens (tertiary/aromatic N) is 1. The first-order valence-corrected chi connectivity index (χ1v) is 6.81. The van der Waals surface area contributed by atoms with Gasteiger partial charge in [-0.1, -0.05) is 19.3 Å². The highest BCUT2D eigenvalue weighted by atomic mass is 16.1. The van der Waals surface area contributed by atoms with Crippen LogP contribution in [0.25, 0.3) is 0 Å². The molecule has 0 radical (unpaired) electrons. The summed E-state index contributed by atoms with van der Waals surface area (Å²) in [6.45, 7) is 2.95. The Kier molecular flexibility index (Phi) is 2.82. The first kappa shape index (κ1) is 11.1. The Morgan fingerprint density at radius 3 is 2.76 bits per heavy atom. The van der Waals surface area contributed by atoms with Gasteiger partial charge in [0.05, 0.1) is 11.7 Å². The molecule has 0 amide bonds. The van der Waals surface area contributed by atoms with Crippen molar-refractivity contribution in [3.63, 3.8) is 0 Å². The standard InChI is InChI=1S/C13H21N3O/c1-9-7-11-12(8-14-9)15-16(13(11)17)10-5-3-2-4-6-10/h9-10,14-15H,2-8H2,1H3. The van der Waals surface area contributed by atoms with Gasteiger partial charge in [0, 0.05) is 18.2 Å². The van der Waals surface area contributed by atoms with Gasteiger partial charge in [0.2, 0.25) is 0 Å². The van der Waals surface area contributed by atoms with Gasteiger partial charge < -0.3 is 5.32 Å². The summed E-state index contributed by atoms with van der Waals surface area (Å²) in [6.07, 6.45) is 7.02. The molecule has 1 aromatic heterocycles. The van der Waals surface area contributed by atoms with Crippen LogP contribution < -0.4 is 10.9 Å². The summed E-state index contributed by atoms with van der Waals surface area (Å²) in [5, 5.41) is 6.73. The fourth-order valence-electron chi connectivity index (χ4n) is 3.15. The van der Waals surface area contributed by atoms with Crippen LogP contribution in [0.5, 0.6) is 0 Å². The molecule has 4 heteroatoms. The minimum atomic E-state index is 0.236. The van der Waals surface area contributed by atoms with Gasteiger partial charge in [-0.15, -0.1) is 0 Å². The zero-order chi connectivity index (χ0) is 11.8. The van der Waals surface area contributed by atoms with Gasteiger partial charge in [-0.25, -0.2) is 4.68 Å². The van der Waals surface area contributed by atoms with Crippen molar-refractivity contribution in [2.45, 2.75) is 64.1 Å². The van der Waals surface area contributed by atoms with Gasteiger partial charge in [0.25, 0.3) is 5.56 Å². The second-order valence-corrected chi connectivity index (χ2v) is 5.52. The van der Waals surface area contributed by atoms with Crippen LogP contribution in [0.4, 0.5) is 0 Å². The molecule has 0 bridgehead atoms. The summed E-state index contributed by atoms with van der Waals surface area (Å²) in [5.41, 5.74) is 2.36. The summed E-state index contributed by atoms with van der Waals surface area (Å²) in [4.78, 5) is 12.4. The molecular weight excluding hydrogens is 214 g/mol. The molecular formula is C13H21N3O. The van der Waals surface area contributed by atoms with E-state index in [-0.39, 0.29) is 5.56 Å². The predicted octanol–water partition coefficient (Wildman–Crippen LogP) is 1.72. The van der Waals surface area contributed by atoms with Crippen LogP contribution in [0.3, 0.4) is 0 Å². The predicted molar refractivity (Wildman–Crippen MR) is 67.2 cm³/mol. The fraction of sp³-hybridized carbons (Fsp3) is 0.769. The van der Waals surface area contributed by atoms with Crippen molar-refractivity contribution in [1.82, 2.24) is 15.1 Å². The van der Waals surface area contributed by atoms with E-state index in [9.17, 15) is 4.79 Å². The molecule has 2 N–H and O–H groups in total. The van der Waals surface area contributed by atoms with Crippen LogP contribution in [-0.2, 0) is 13.0 Å². The maximum Gasteiger partial charge on any atom is 0.270 e. The first-order valence-electron chi connectivity index (χ1n) is 6.81. The van der Waals surface area contributed by atoms with Crippen molar-refractivity contribution in [3.05, 3.63) is 21.6 Å². The van der Waals surface area contributed by atoms with Gasteiger partial charge in [0.1, 0.15) is 0 Å². The number of rotatable bonds is 1. The van der Waals surface area contributed by atoms with Gasteiger partial charge in [-0.3, -0.25) is 9.89 Å². The third-order valence-electron chi connectivity index (χ3n) is 4.17. The largest absolute Gasteiger partial charge is 0.308 e. The van der Waals surface area contributed by atoms with Gasteiger partial charge in [-0.2, -0.15) is 0 Å². The lowest BCUT2D eigenvalue weighted by Crippen LogP contribution is -2.35. The molecule has 1 fully saturated rings. The lowest BCUT2D eigenvalue weighted by atomic mass is 9.95. The summed E-state index contributed by atoms with van der Waals surface area (Å²) in [6, 6.07) is 0.836. The monoisotopic (exact) mass is 235 g/mol. The van der Waals surface area contributed by atoms with Gasteiger partial charge in [-0.05, 0) is 26.2 Å². The fourth-order valence-corrected chi connectivity index (χ4v) is 3.15. The Morgan fingerprint density at radius 1 is 1.24 bits per heavy atom. The maximum absolute atomic E-state index is 12.4. The van der Waals surface area contributed by atoms with Crippen LogP contribution in [-0.4, -0.2) is 15.8 Å². The number of aromatic nitrogens is 2. The summed E-state index contributed by atoms with van der Waals surface area (Å²) in [7, 11) is 0. The number of hydrogen-bond donors (Lipinski definition) is 2. The van der Waals surface area contributed by atoms with Crippen molar-refractivity contribution in [3.8, 4) is 0 Å². The molecule has 0 saturated heterocycles. The van der Waals surface area contributed by atoms with Crippen molar-refractivity contribution in [2.24, 2.45) is 0 Å². The van der Waals surface area contributed by atoms with Gasteiger partial charge in [0.15, 0.2) is 0 Å². The Labute approximate surface area is 101 Å². The van der Waals surface area contributed by atoms with Crippen molar-refractivity contribution < 1.29 is 0 Å². The van der Waals surface area contributed by atoms with E-state index in [2.05, 4.69) is 17.3 Å². The van der Waals surface area contributed by atoms with Crippen LogP contribution in [0.15, 0.2) is 4.79 Å². The minimum Gasteiger partial charge on any atom is -0.308 e. The molecule has 4 nitrogen and oxygen atoms in total. The minimum absolute atomic E-state index is 0.236. The third kappa shape index (κ3) is 1.95. The summed E-state index contributed by atoms with van der Waals surface area (Å²) in [5.74, 6) is 0.